The van der Waals surface area contributed by atoms with E-state index in [9.17, 15) is 0 Å². The molecule has 0 spiro atoms. The highest BCUT2D eigenvalue weighted by molar-refractivity contribution is 8.76. The van der Waals surface area contributed by atoms with Crippen molar-refractivity contribution in [3.8, 4) is 12.4 Å². The van der Waals surface area contributed by atoms with Crippen LogP contribution >= 0.6 is 21.6 Å². The fourth-order valence-corrected chi connectivity index (χ4v) is 2.82. The molecule has 10 heteroatoms. The van der Waals surface area contributed by atoms with Gasteiger partial charge in [0.15, 0.2) is 0 Å². The Kier molecular flexibility index (Phi) is 12.4. The van der Waals surface area contributed by atoms with Gasteiger partial charge in [-0.2, -0.15) is 10.5 Å². The number of guanidine groups is 2. The molecule has 0 heterocycles. The lowest BCUT2D eigenvalue weighted by Crippen LogP contribution is -2.36. The van der Waals surface area contributed by atoms with Crippen molar-refractivity contribution in [1.82, 2.24) is 21.3 Å². The van der Waals surface area contributed by atoms with Gasteiger partial charge in [0.05, 0.1) is 0 Å². The number of nitrogens with one attached hydrogen (secondary N) is 4. The first-order chi connectivity index (χ1) is 9.78. The number of hydrogen-bond donors (Lipinski definition) is 4. The molecule has 0 fully saturated rings. The third kappa shape index (κ3) is 10.2. The van der Waals surface area contributed by atoms with Crippen molar-refractivity contribution in [3.63, 3.8) is 0 Å². The predicted molar refractivity (Wildman–Crippen MR) is 85.1 cm³/mol. The monoisotopic (exact) mass is 314 g/mol. The molecule has 0 aromatic heterocycles. The molecule has 4 N–H and O–H groups in total. The molecule has 0 radical (unpaired) electrons. The fourth-order valence-electron chi connectivity index (χ4n) is 1.01. The van der Waals surface area contributed by atoms with Crippen LogP contribution in [-0.4, -0.2) is 50.6 Å². The second-order valence-corrected chi connectivity index (χ2v) is 5.82. The van der Waals surface area contributed by atoms with E-state index in [1.54, 1.807) is 48.1 Å². The molecule has 0 unspecified atom stereocenters. The van der Waals surface area contributed by atoms with E-state index in [0.29, 0.717) is 11.9 Å². The van der Waals surface area contributed by atoms with E-state index in [4.69, 9.17) is 10.5 Å². The topological polar surface area (TPSA) is 120 Å². The molecule has 0 aliphatic heterocycles. The molecule has 20 heavy (non-hydrogen) atoms. The van der Waals surface area contributed by atoms with E-state index in [0.717, 1.165) is 24.6 Å². The summed E-state index contributed by atoms with van der Waals surface area (Å²) >= 11 is 0. The molecule has 0 aromatic carbocycles. The molecule has 0 aliphatic rings. The smallest absolute Gasteiger partial charge is 0.209 e. The highest BCUT2D eigenvalue weighted by Crippen LogP contribution is 2.19. The standard InChI is InChI=1S/C10H18N8S2/c1-13-9(17-7-11)15-3-5-19-20-6-4-16-10(14-2)18-8-12/h3-6H2,1-2H3,(H2,13,15,17)(H2,14,16,18). The summed E-state index contributed by atoms with van der Waals surface area (Å²) in [5.41, 5.74) is 0. The molecule has 110 valence electrons. The van der Waals surface area contributed by atoms with E-state index in [1.807, 2.05) is 0 Å². The molecule has 0 atom stereocenters. The van der Waals surface area contributed by atoms with Gasteiger partial charge in [-0.3, -0.25) is 0 Å². The SMILES string of the molecule is CNC(=NC#N)NCCSSCCNC(=NC#N)NC. The normalized spacial score (nSPS) is 11.2. The van der Waals surface area contributed by atoms with Gasteiger partial charge in [-0.1, -0.05) is 21.6 Å². The highest BCUT2D eigenvalue weighted by Gasteiger charge is 1.96. The van der Waals surface area contributed by atoms with E-state index in [1.165, 1.54) is 0 Å². The molecule has 0 rings (SSSR count). The minimum Gasteiger partial charge on any atom is -0.359 e. The summed E-state index contributed by atoms with van der Waals surface area (Å²) in [5.74, 6) is 2.74. The Morgan fingerprint density at radius 1 is 0.900 bits per heavy atom. The van der Waals surface area contributed by atoms with Crippen molar-refractivity contribution in [2.75, 3.05) is 38.7 Å². The van der Waals surface area contributed by atoms with Gasteiger partial charge in [0.2, 0.25) is 24.3 Å². The Labute approximate surface area is 126 Å². The zero-order valence-electron chi connectivity index (χ0n) is 11.4. The zero-order chi connectivity index (χ0) is 15.1. The van der Waals surface area contributed by atoms with Crippen LogP contribution < -0.4 is 21.3 Å². The van der Waals surface area contributed by atoms with E-state index < -0.39 is 0 Å². The van der Waals surface area contributed by atoms with Gasteiger partial charge in [0.1, 0.15) is 0 Å². The number of nitriles is 2. The van der Waals surface area contributed by atoms with Crippen molar-refractivity contribution >= 4 is 33.5 Å². The molecule has 0 bridgehead atoms. The second kappa shape index (κ2) is 13.6. The van der Waals surface area contributed by atoms with Gasteiger partial charge >= 0.3 is 0 Å². The van der Waals surface area contributed by atoms with Gasteiger partial charge in [-0.05, 0) is 0 Å². The molecule has 0 saturated heterocycles. The first-order valence-corrected chi connectivity index (χ1v) is 8.28. The third-order valence-corrected chi connectivity index (χ3v) is 4.24. The van der Waals surface area contributed by atoms with Gasteiger partial charge in [-0.25, -0.2) is 0 Å². The van der Waals surface area contributed by atoms with Crippen molar-refractivity contribution in [2.24, 2.45) is 9.98 Å². The summed E-state index contributed by atoms with van der Waals surface area (Å²) < 4.78 is 0. The first kappa shape index (κ1) is 18.2. The number of aliphatic imine (C=N–C) groups is 2. The Balaban J connectivity index is 3.51. The average molecular weight is 314 g/mol. The number of rotatable bonds is 7. The summed E-state index contributed by atoms with van der Waals surface area (Å²) in [7, 11) is 6.85. The van der Waals surface area contributed by atoms with E-state index in [2.05, 4.69) is 31.3 Å². The Hall–Kier alpha value is -1.78. The Bertz CT molecular complexity index is 357. The minimum absolute atomic E-state index is 0.478. The summed E-state index contributed by atoms with van der Waals surface area (Å²) in [6.45, 7) is 1.45. The van der Waals surface area contributed by atoms with Crippen LogP contribution in [0.5, 0.6) is 0 Å². The van der Waals surface area contributed by atoms with Crippen LogP contribution in [0.1, 0.15) is 0 Å². The van der Waals surface area contributed by atoms with Crippen LogP contribution in [0, 0.1) is 22.9 Å². The Morgan fingerprint density at radius 2 is 1.30 bits per heavy atom. The molecule has 8 nitrogen and oxygen atoms in total. The maximum absolute atomic E-state index is 8.40. The molecular weight excluding hydrogens is 296 g/mol. The van der Waals surface area contributed by atoms with E-state index >= 15 is 0 Å². The Morgan fingerprint density at radius 3 is 1.60 bits per heavy atom. The van der Waals surface area contributed by atoms with E-state index in [-0.39, 0.29) is 0 Å². The molecule has 0 aromatic rings. The van der Waals surface area contributed by atoms with Crippen LogP contribution in [0.2, 0.25) is 0 Å². The van der Waals surface area contributed by atoms with Gasteiger partial charge < -0.3 is 21.3 Å². The van der Waals surface area contributed by atoms with Crippen molar-refractivity contribution in [3.05, 3.63) is 0 Å². The largest absolute Gasteiger partial charge is 0.359 e. The molecular formula is C10H18N8S2. The minimum atomic E-state index is 0.478. The van der Waals surface area contributed by atoms with Crippen LogP contribution in [0.15, 0.2) is 9.98 Å². The zero-order valence-corrected chi connectivity index (χ0v) is 13.1. The van der Waals surface area contributed by atoms with Crippen molar-refractivity contribution < 1.29 is 0 Å². The summed E-state index contributed by atoms with van der Waals surface area (Å²) in [4.78, 5) is 7.13. The van der Waals surface area contributed by atoms with Crippen molar-refractivity contribution in [1.29, 1.82) is 10.5 Å². The maximum atomic E-state index is 8.40. The quantitative estimate of drug-likeness (QED) is 0.166. The van der Waals surface area contributed by atoms with Crippen LogP contribution in [0.4, 0.5) is 0 Å². The lowest BCUT2D eigenvalue weighted by atomic mass is 10.7. The summed E-state index contributed by atoms with van der Waals surface area (Å²) in [5, 5.41) is 28.4. The number of hydrogen-bond acceptors (Lipinski definition) is 6. The average Bonchev–Trinajstić information content (AvgIpc) is 2.47. The van der Waals surface area contributed by atoms with Crippen LogP contribution in [0.25, 0.3) is 0 Å². The summed E-state index contributed by atoms with van der Waals surface area (Å²) in [6.07, 6.45) is 3.43. The third-order valence-electron chi connectivity index (χ3n) is 1.84. The maximum Gasteiger partial charge on any atom is 0.209 e. The second-order valence-electron chi connectivity index (χ2n) is 3.12. The number of nitrogens with zero attached hydrogens (tertiary/aromatic N) is 4. The predicted octanol–water partition coefficient (Wildman–Crippen LogP) is -0.340. The molecule has 0 aliphatic carbocycles. The lowest BCUT2D eigenvalue weighted by molar-refractivity contribution is 0.917. The summed E-state index contributed by atoms with van der Waals surface area (Å²) in [6, 6.07) is 0. The van der Waals surface area contributed by atoms with Gasteiger partial charge in [0, 0.05) is 38.7 Å². The van der Waals surface area contributed by atoms with Crippen LogP contribution in [-0.2, 0) is 0 Å². The first-order valence-electron chi connectivity index (χ1n) is 5.79. The van der Waals surface area contributed by atoms with Gasteiger partial charge in [-0.15, -0.1) is 9.98 Å². The van der Waals surface area contributed by atoms with Crippen molar-refractivity contribution in [2.45, 2.75) is 0 Å². The van der Waals surface area contributed by atoms with Gasteiger partial charge in [0.25, 0.3) is 0 Å². The highest BCUT2D eigenvalue weighted by atomic mass is 33.1. The lowest BCUT2D eigenvalue weighted by Gasteiger charge is -2.08. The molecule has 0 amide bonds. The van der Waals surface area contributed by atoms with Crippen LogP contribution in [0.3, 0.4) is 0 Å². The molecule has 0 saturated carbocycles. The fraction of sp³-hybridized carbons (Fsp3) is 0.600.